The predicted octanol–water partition coefficient (Wildman–Crippen LogP) is 4.07. The molecule has 1 aromatic carbocycles. The molecule has 1 rings (SSSR count). The van der Waals surface area contributed by atoms with E-state index in [1.165, 1.54) is 31.4 Å². The zero-order valence-corrected chi connectivity index (χ0v) is 12.6. The smallest absolute Gasteiger partial charge is 0.144 e. The normalized spacial score (nSPS) is 10.5. The molecular formula is C16H28N2O. The van der Waals surface area contributed by atoms with Crippen molar-refractivity contribution in [2.45, 2.75) is 46.5 Å². The summed E-state index contributed by atoms with van der Waals surface area (Å²) in [7, 11) is 0. The molecule has 2 N–H and O–H groups in total. The monoisotopic (exact) mass is 264 g/mol. The summed E-state index contributed by atoms with van der Waals surface area (Å²) in [5.74, 6) is 0.804. The Balaban J connectivity index is 2.83. The number of nitrogen functional groups attached to an aromatic ring is 1. The zero-order chi connectivity index (χ0) is 14.1. The van der Waals surface area contributed by atoms with Crippen molar-refractivity contribution in [3.63, 3.8) is 0 Å². The highest BCUT2D eigenvalue weighted by molar-refractivity contribution is 5.62. The highest BCUT2D eigenvalue weighted by Crippen LogP contribution is 2.28. The maximum Gasteiger partial charge on any atom is 0.144 e. The average Bonchev–Trinajstić information content (AvgIpc) is 2.42. The summed E-state index contributed by atoms with van der Waals surface area (Å²) in [5.41, 5.74) is 7.87. The second-order valence-electron chi connectivity index (χ2n) is 4.85. The van der Waals surface area contributed by atoms with Gasteiger partial charge in [0.2, 0.25) is 0 Å². The van der Waals surface area contributed by atoms with Gasteiger partial charge in [-0.15, -0.1) is 0 Å². The van der Waals surface area contributed by atoms with E-state index in [4.69, 9.17) is 10.5 Å². The van der Waals surface area contributed by atoms with Crippen LogP contribution in [0.3, 0.4) is 0 Å². The molecular weight excluding hydrogens is 236 g/mol. The van der Waals surface area contributed by atoms with Gasteiger partial charge in [0.15, 0.2) is 0 Å². The van der Waals surface area contributed by atoms with Crippen molar-refractivity contribution < 1.29 is 4.74 Å². The summed E-state index contributed by atoms with van der Waals surface area (Å²) in [6, 6.07) is 6.12. The van der Waals surface area contributed by atoms with Gasteiger partial charge in [-0.3, -0.25) is 0 Å². The first-order valence-corrected chi connectivity index (χ1v) is 7.50. The van der Waals surface area contributed by atoms with Gasteiger partial charge in [-0.2, -0.15) is 0 Å². The molecule has 0 aromatic heterocycles. The molecule has 108 valence electrons. The SMILES string of the molecule is CCCCN(CCCC)c1ccc(N)c(OCC)c1. The second kappa shape index (κ2) is 8.68. The number of nitrogens with zero attached hydrogens (tertiary/aromatic N) is 1. The lowest BCUT2D eigenvalue weighted by atomic mass is 10.2. The Hall–Kier alpha value is -1.38. The molecule has 0 fully saturated rings. The molecule has 0 atom stereocenters. The van der Waals surface area contributed by atoms with Crippen LogP contribution in [0.25, 0.3) is 0 Å². The molecule has 0 radical (unpaired) electrons. The largest absolute Gasteiger partial charge is 0.492 e. The first-order valence-electron chi connectivity index (χ1n) is 7.50. The van der Waals surface area contributed by atoms with Gasteiger partial charge in [0.25, 0.3) is 0 Å². The summed E-state index contributed by atoms with van der Waals surface area (Å²) in [6.07, 6.45) is 4.88. The van der Waals surface area contributed by atoms with Crippen LogP contribution in [-0.2, 0) is 0 Å². The summed E-state index contributed by atoms with van der Waals surface area (Å²) < 4.78 is 5.58. The molecule has 0 unspecified atom stereocenters. The summed E-state index contributed by atoms with van der Waals surface area (Å²) >= 11 is 0. The van der Waals surface area contributed by atoms with Crippen molar-refractivity contribution in [1.29, 1.82) is 0 Å². The van der Waals surface area contributed by atoms with Gasteiger partial charge in [-0.05, 0) is 31.9 Å². The highest BCUT2D eigenvalue weighted by atomic mass is 16.5. The van der Waals surface area contributed by atoms with Crippen LogP contribution >= 0.6 is 0 Å². The molecule has 3 nitrogen and oxygen atoms in total. The van der Waals surface area contributed by atoms with E-state index < -0.39 is 0 Å². The molecule has 0 bridgehead atoms. The Kier molecular flexibility index (Phi) is 7.16. The number of nitrogens with two attached hydrogens (primary N) is 1. The summed E-state index contributed by atoms with van der Waals surface area (Å²) in [6.45, 7) is 9.30. The summed E-state index contributed by atoms with van der Waals surface area (Å²) in [4.78, 5) is 2.44. The van der Waals surface area contributed by atoms with Gasteiger partial charge in [-0.1, -0.05) is 26.7 Å². The molecule has 0 saturated carbocycles. The second-order valence-corrected chi connectivity index (χ2v) is 4.85. The van der Waals surface area contributed by atoms with Crippen molar-refractivity contribution >= 4 is 11.4 Å². The van der Waals surface area contributed by atoms with E-state index in [1.54, 1.807) is 0 Å². The van der Waals surface area contributed by atoms with E-state index >= 15 is 0 Å². The van der Waals surface area contributed by atoms with E-state index in [0.29, 0.717) is 6.61 Å². The van der Waals surface area contributed by atoms with E-state index in [0.717, 1.165) is 24.5 Å². The van der Waals surface area contributed by atoms with Gasteiger partial charge in [0.1, 0.15) is 5.75 Å². The van der Waals surface area contributed by atoms with Crippen LogP contribution in [0.2, 0.25) is 0 Å². The third kappa shape index (κ3) is 5.01. The molecule has 19 heavy (non-hydrogen) atoms. The zero-order valence-electron chi connectivity index (χ0n) is 12.6. The molecule has 3 heteroatoms. The Morgan fingerprint density at radius 1 is 1.05 bits per heavy atom. The third-order valence-electron chi connectivity index (χ3n) is 3.23. The third-order valence-corrected chi connectivity index (χ3v) is 3.23. The topological polar surface area (TPSA) is 38.5 Å². The molecule has 1 aromatic rings. The van der Waals surface area contributed by atoms with Gasteiger partial charge < -0.3 is 15.4 Å². The number of benzene rings is 1. The lowest BCUT2D eigenvalue weighted by Crippen LogP contribution is -2.25. The Morgan fingerprint density at radius 3 is 2.21 bits per heavy atom. The minimum Gasteiger partial charge on any atom is -0.492 e. The van der Waals surface area contributed by atoms with Gasteiger partial charge in [0, 0.05) is 24.8 Å². The van der Waals surface area contributed by atoms with Crippen molar-refractivity contribution in [3.05, 3.63) is 18.2 Å². The van der Waals surface area contributed by atoms with Gasteiger partial charge in [-0.25, -0.2) is 0 Å². The highest BCUT2D eigenvalue weighted by Gasteiger charge is 2.08. The van der Waals surface area contributed by atoms with Crippen LogP contribution in [0, 0.1) is 0 Å². The lowest BCUT2D eigenvalue weighted by Gasteiger charge is -2.25. The molecule has 0 spiro atoms. The minimum atomic E-state index is 0.650. The number of ether oxygens (including phenoxy) is 1. The number of hydrogen-bond donors (Lipinski definition) is 1. The Labute approximate surface area is 117 Å². The van der Waals surface area contributed by atoms with E-state index in [2.05, 4.69) is 30.9 Å². The summed E-state index contributed by atoms with van der Waals surface area (Å²) in [5, 5.41) is 0. The van der Waals surface area contributed by atoms with Gasteiger partial charge in [0.05, 0.1) is 12.3 Å². The fraction of sp³-hybridized carbons (Fsp3) is 0.625. The number of unbranched alkanes of at least 4 members (excludes halogenated alkanes) is 2. The van der Waals surface area contributed by atoms with Crippen LogP contribution in [0.1, 0.15) is 46.5 Å². The van der Waals surface area contributed by atoms with E-state index in [1.807, 2.05) is 13.0 Å². The van der Waals surface area contributed by atoms with Crippen molar-refractivity contribution in [1.82, 2.24) is 0 Å². The maximum atomic E-state index is 5.93. The number of hydrogen-bond acceptors (Lipinski definition) is 3. The molecule has 0 aliphatic heterocycles. The first-order chi connectivity index (χ1) is 9.22. The van der Waals surface area contributed by atoms with E-state index in [9.17, 15) is 0 Å². The van der Waals surface area contributed by atoms with Crippen molar-refractivity contribution in [2.75, 3.05) is 30.3 Å². The van der Waals surface area contributed by atoms with Gasteiger partial charge >= 0.3 is 0 Å². The van der Waals surface area contributed by atoms with Crippen LogP contribution in [0.4, 0.5) is 11.4 Å². The fourth-order valence-electron chi connectivity index (χ4n) is 2.07. The minimum absolute atomic E-state index is 0.650. The van der Waals surface area contributed by atoms with Crippen molar-refractivity contribution in [2.24, 2.45) is 0 Å². The first kappa shape index (κ1) is 15.7. The molecule has 0 amide bonds. The Bertz CT molecular complexity index is 358. The van der Waals surface area contributed by atoms with Crippen LogP contribution in [0.5, 0.6) is 5.75 Å². The lowest BCUT2D eigenvalue weighted by molar-refractivity contribution is 0.342. The maximum absolute atomic E-state index is 5.93. The Morgan fingerprint density at radius 2 is 1.68 bits per heavy atom. The van der Waals surface area contributed by atoms with E-state index in [-0.39, 0.29) is 0 Å². The molecule has 0 saturated heterocycles. The molecule has 0 aliphatic carbocycles. The number of rotatable bonds is 9. The average molecular weight is 264 g/mol. The molecule has 0 heterocycles. The van der Waals surface area contributed by atoms with Crippen molar-refractivity contribution in [3.8, 4) is 5.75 Å². The quantitative estimate of drug-likeness (QED) is 0.683. The predicted molar refractivity (Wildman–Crippen MR) is 84.1 cm³/mol. The van der Waals surface area contributed by atoms with Crippen LogP contribution < -0.4 is 15.4 Å². The molecule has 0 aliphatic rings. The standard InChI is InChI=1S/C16H28N2O/c1-4-7-11-18(12-8-5-2)14-9-10-15(17)16(13-14)19-6-3/h9-10,13H,4-8,11-12,17H2,1-3H3. The van der Waals surface area contributed by atoms with Crippen LogP contribution in [0.15, 0.2) is 18.2 Å². The fourth-order valence-corrected chi connectivity index (χ4v) is 2.07. The number of anilines is 2. The van der Waals surface area contributed by atoms with Crippen LogP contribution in [-0.4, -0.2) is 19.7 Å².